The van der Waals surface area contributed by atoms with Crippen molar-refractivity contribution in [3.63, 3.8) is 0 Å². The second kappa shape index (κ2) is 7.17. The molecule has 0 fully saturated rings. The molecule has 0 atom stereocenters. The summed E-state index contributed by atoms with van der Waals surface area (Å²) in [5.74, 6) is 0.949. The molecule has 0 saturated carbocycles. The number of alkyl halides is 1. The molecule has 1 aromatic rings. The van der Waals surface area contributed by atoms with E-state index in [0.717, 1.165) is 17.3 Å². The van der Waals surface area contributed by atoms with Crippen molar-refractivity contribution in [2.45, 2.75) is 11.3 Å². The number of thiol groups is 1. The molecule has 1 nitrogen and oxygen atoms in total. The molecule has 0 amide bonds. The summed E-state index contributed by atoms with van der Waals surface area (Å²) in [4.78, 5) is 0.977. The zero-order valence-electron chi connectivity index (χ0n) is 7.04. The SMILES string of the molecule is Sc1ccc(OCCC[I-]I)cc1. The van der Waals surface area contributed by atoms with Gasteiger partial charge in [0.2, 0.25) is 0 Å². The molecule has 0 heterocycles. The summed E-state index contributed by atoms with van der Waals surface area (Å²) in [5, 5.41) is 0. The molecule has 0 N–H and O–H groups in total. The van der Waals surface area contributed by atoms with Crippen LogP contribution in [0, 0.1) is 0 Å². The first-order valence-electron chi connectivity index (χ1n) is 3.95. The molecule has 0 bridgehead atoms. The first-order chi connectivity index (χ1) is 6.33. The number of hydrogen-bond donors (Lipinski definition) is 1. The average molecular weight is 421 g/mol. The molecule has 0 radical (unpaired) electrons. The van der Waals surface area contributed by atoms with Gasteiger partial charge >= 0.3 is 106 Å². The van der Waals surface area contributed by atoms with Crippen molar-refractivity contribution >= 4 is 31.2 Å². The molecule has 0 saturated heterocycles. The normalized spacial score (nSPS) is 10.3. The number of hydrogen-bond acceptors (Lipinski definition) is 2. The number of rotatable bonds is 5. The van der Waals surface area contributed by atoms with Crippen LogP contribution in [0.2, 0.25) is 0 Å². The minimum absolute atomic E-state index is 0.397. The van der Waals surface area contributed by atoms with Gasteiger partial charge in [0.25, 0.3) is 0 Å². The predicted octanol–water partition coefficient (Wildman–Crippen LogP) is 0.183. The van der Waals surface area contributed by atoms with Gasteiger partial charge in [-0.15, -0.1) is 0 Å². The summed E-state index contributed by atoms with van der Waals surface area (Å²) >= 11 is 7.09. The maximum absolute atomic E-state index is 5.54. The predicted molar refractivity (Wildman–Crippen MR) is 62.7 cm³/mol. The van der Waals surface area contributed by atoms with E-state index in [9.17, 15) is 0 Å². The van der Waals surface area contributed by atoms with Crippen LogP contribution in [0.4, 0.5) is 0 Å². The third-order valence-corrected chi connectivity index (χ3v) is 5.66. The molecule has 0 aliphatic rings. The Morgan fingerprint density at radius 3 is 2.62 bits per heavy atom. The summed E-state index contributed by atoms with van der Waals surface area (Å²) in [6, 6.07) is 7.82. The van der Waals surface area contributed by atoms with Gasteiger partial charge in [-0.25, -0.2) is 0 Å². The monoisotopic (exact) mass is 421 g/mol. The molecular formula is C9H11I2OS-. The van der Waals surface area contributed by atoms with Crippen molar-refractivity contribution in [1.29, 1.82) is 0 Å². The van der Waals surface area contributed by atoms with E-state index in [1.807, 2.05) is 24.3 Å². The van der Waals surface area contributed by atoms with E-state index in [2.05, 4.69) is 31.2 Å². The molecule has 13 heavy (non-hydrogen) atoms. The second-order valence-corrected chi connectivity index (χ2v) is 8.53. The Hall–Kier alpha value is 0.830. The van der Waals surface area contributed by atoms with Gasteiger partial charge in [0.15, 0.2) is 0 Å². The van der Waals surface area contributed by atoms with Crippen LogP contribution in [0.15, 0.2) is 29.2 Å². The fourth-order valence-electron chi connectivity index (χ4n) is 0.837. The number of ether oxygens (including phenoxy) is 1. The third kappa shape index (κ3) is 5.31. The van der Waals surface area contributed by atoms with Crippen LogP contribution in [0.5, 0.6) is 5.75 Å². The molecule has 0 spiro atoms. The summed E-state index contributed by atoms with van der Waals surface area (Å²) in [7, 11) is 0. The van der Waals surface area contributed by atoms with Gasteiger partial charge in [-0.05, 0) is 0 Å². The molecule has 1 aromatic carbocycles. The van der Waals surface area contributed by atoms with Crippen molar-refractivity contribution in [3.8, 4) is 5.75 Å². The Balaban J connectivity index is 2.25. The van der Waals surface area contributed by atoms with Gasteiger partial charge in [-0.1, -0.05) is 0 Å². The molecule has 4 heteroatoms. The molecular weight excluding hydrogens is 410 g/mol. The van der Waals surface area contributed by atoms with Crippen molar-refractivity contribution in [2.24, 2.45) is 0 Å². The standard InChI is InChI=1S/C9H11I2OS/c10-11-6-1-7-12-8-2-4-9(13)5-3-8/h2-5,13H,1,6-7H2/q-1. The van der Waals surface area contributed by atoms with Crippen LogP contribution >= 0.6 is 31.2 Å². The van der Waals surface area contributed by atoms with Crippen LogP contribution in [0.1, 0.15) is 6.42 Å². The van der Waals surface area contributed by atoms with E-state index in [4.69, 9.17) is 4.74 Å². The Bertz CT molecular complexity index is 238. The summed E-state index contributed by atoms with van der Waals surface area (Å²) in [5.41, 5.74) is 0. The number of benzene rings is 1. The van der Waals surface area contributed by atoms with Crippen LogP contribution in [0.3, 0.4) is 0 Å². The van der Waals surface area contributed by atoms with E-state index in [1.54, 1.807) is 0 Å². The molecule has 0 aliphatic heterocycles. The van der Waals surface area contributed by atoms with E-state index >= 15 is 0 Å². The van der Waals surface area contributed by atoms with Crippen LogP contribution in [-0.4, -0.2) is 11.0 Å². The topological polar surface area (TPSA) is 9.23 Å². The molecule has 0 unspecified atom stereocenters. The van der Waals surface area contributed by atoms with Gasteiger partial charge in [0.1, 0.15) is 0 Å². The molecule has 0 aliphatic carbocycles. The first-order valence-corrected chi connectivity index (χ1v) is 12.2. The van der Waals surface area contributed by atoms with E-state index in [-0.39, 0.29) is 0 Å². The third-order valence-electron chi connectivity index (χ3n) is 1.45. The van der Waals surface area contributed by atoms with Gasteiger partial charge < -0.3 is 0 Å². The van der Waals surface area contributed by atoms with Gasteiger partial charge in [0, 0.05) is 0 Å². The summed E-state index contributed by atoms with van der Waals surface area (Å²) in [6.45, 7) is 0.842. The van der Waals surface area contributed by atoms with Gasteiger partial charge in [-0.2, -0.15) is 0 Å². The average Bonchev–Trinajstić information content (AvgIpc) is 2.15. The molecule has 74 valence electrons. The summed E-state index contributed by atoms with van der Waals surface area (Å²) < 4.78 is 6.88. The minimum atomic E-state index is 0.397. The second-order valence-electron chi connectivity index (χ2n) is 2.49. The van der Waals surface area contributed by atoms with Crippen LogP contribution in [-0.2, 0) is 0 Å². The van der Waals surface area contributed by atoms with E-state index < -0.39 is 0 Å². The summed E-state index contributed by atoms with van der Waals surface area (Å²) in [6.07, 6.45) is 1.18. The molecule has 0 aromatic heterocycles. The Morgan fingerprint density at radius 1 is 1.31 bits per heavy atom. The van der Waals surface area contributed by atoms with Crippen LogP contribution in [0.25, 0.3) is 0 Å². The van der Waals surface area contributed by atoms with Crippen LogP contribution < -0.4 is 22.0 Å². The number of halogens is 2. The van der Waals surface area contributed by atoms with Crippen molar-refractivity contribution in [1.82, 2.24) is 0 Å². The first kappa shape index (κ1) is 11.9. The zero-order chi connectivity index (χ0) is 9.52. The van der Waals surface area contributed by atoms with E-state index in [0.29, 0.717) is 17.2 Å². The fraction of sp³-hybridized carbons (Fsp3) is 0.333. The zero-order valence-corrected chi connectivity index (χ0v) is 12.3. The van der Waals surface area contributed by atoms with Gasteiger partial charge in [0.05, 0.1) is 0 Å². The van der Waals surface area contributed by atoms with Crippen molar-refractivity contribution < 1.29 is 22.0 Å². The molecule has 1 rings (SSSR count). The van der Waals surface area contributed by atoms with Crippen molar-refractivity contribution in [3.05, 3.63) is 24.3 Å². The maximum atomic E-state index is 5.54. The van der Waals surface area contributed by atoms with Crippen molar-refractivity contribution in [2.75, 3.05) is 11.0 Å². The fourth-order valence-corrected chi connectivity index (χ4v) is 3.52. The quantitative estimate of drug-likeness (QED) is 0.309. The Morgan fingerprint density at radius 2 is 2.00 bits per heavy atom. The Labute approximate surface area is 104 Å². The van der Waals surface area contributed by atoms with E-state index in [1.165, 1.54) is 10.8 Å². The van der Waals surface area contributed by atoms with Gasteiger partial charge in [-0.3, -0.25) is 0 Å². The Kier molecular flexibility index (Phi) is 6.56.